The summed E-state index contributed by atoms with van der Waals surface area (Å²) in [4.78, 5) is 57.2. The number of amides is 2. The van der Waals surface area contributed by atoms with E-state index in [1.165, 1.54) is 19.5 Å². The summed E-state index contributed by atoms with van der Waals surface area (Å²) < 4.78 is 22.5. The first-order valence-corrected chi connectivity index (χ1v) is 13.9. The topological polar surface area (TPSA) is 176 Å². The monoisotopic (exact) mass is 608 g/mol. The number of carbonyl (C=O) groups excluding carboxylic acids is 4. The Balaban J connectivity index is 1.61. The zero-order valence-electron chi connectivity index (χ0n) is 25.7. The van der Waals surface area contributed by atoms with Gasteiger partial charge in [-0.1, -0.05) is 0 Å². The number of aromatic nitrogens is 4. The van der Waals surface area contributed by atoms with Crippen molar-refractivity contribution in [3.05, 3.63) is 47.5 Å². The van der Waals surface area contributed by atoms with Gasteiger partial charge >= 0.3 is 18.2 Å². The third-order valence-corrected chi connectivity index (χ3v) is 5.92. The number of methoxy groups -OCH3 is 1. The Morgan fingerprint density at radius 2 is 1.80 bits per heavy atom. The fraction of sp³-hybridized carbons (Fsp3) is 0.400. The number of carbonyl (C=O) groups is 4. The highest BCUT2D eigenvalue weighted by atomic mass is 16.6. The number of H-pyrrole nitrogens is 1. The van der Waals surface area contributed by atoms with Crippen molar-refractivity contribution in [3.8, 4) is 17.1 Å². The van der Waals surface area contributed by atoms with Crippen molar-refractivity contribution in [1.29, 1.82) is 0 Å². The molecule has 3 aromatic rings. The zero-order valence-corrected chi connectivity index (χ0v) is 25.7. The van der Waals surface area contributed by atoms with Gasteiger partial charge in [-0.05, 0) is 66.2 Å². The van der Waals surface area contributed by atoms with Crippen molar-refractivity contribution >= 4 is 41.4 Å². The van der Waals surface area contributed by atoms with Gasteiger partial charge in [0.25, 0.3) is 5.91 Å². The minimum atomic E-state index is -0.768. The molecule has 1 aliphatic heterocycles. The summed E-state index contributed by atoms with van der Waals surface area (Å²) in [5.41, 5.74) is 1.28. The second-order valence-corrected chi connectivity index (χ2v) is 11.8. The van der Waals surface area contributed by atoms with Crippen LogP contribution in [0.3, 0.4) is 0 Å². The molecule has 1 aliphatic rings. The lowest BCUT2D eigenvalue weighted by Crippen LogP contribution is -2.33. The van der Waals surface area contributed by atoms with Crippen molar-refractivity contribution in [1.82, 2.24) is 25.1 Å². The molecule has 0 aromatic carbocycles. The van der Waals surface area contributed by atoms with Gasteiger partial charge in [0.05, 0.1) is 59.9 Å². The third kappa shape index (κ3) is 7.82. The Hall–Kier alpha value is -5.14. The third-order valence-electron chi connectivity index (χ3n) is 5.92. The van der Waals surface area contributed by atoms with Crippen molar-refractivity contribution in [2.45, 2.75) is 59.2 Å². The molecule has 0 spiro atoms. The number of hydrogen-bond acceptors (Lipinski definition) is 10. The molecule has 14 heteroatoms. The largest absolute Gasteiger partial charge is 0.476 e. The van der Waals surface area contributed by atoms with Crippen molar-refractivity contribution in [2.24, 2.45) is 0 Å². The highest BCUT2D eigenvalue weighted by Gasteiger charge is 2.28. The van der Waals surface area contributed by atoms with E-state index in [0.29, 0.717) is 34.6 Å². The molecule has 0 saturated carbocycles. The Morgan fingerprint density at radius 3 is 2.48 bits per heavy atom. The Labute approximate surface area is 254 Å². The number of aromatic amines is 1. The standard InChI is InChI=1S/C30H36N6O8/c1-29(2,3)43-27(39)32-10-8-12-42-25-20(16-36(35-25)28(40)44-30(4,5)6)22-13-18-19(24(37)34-23(18)15-33-22)14-21-17(9-11-31-21)26(38)41-7/h9,11,13-16,31H,8,10,12H2,1-7H3,(H,32,39)(H,34,37)/b19-14-. The van der Waals surface area contributed by atoms with Crippen molar-refractivity contribution < 1.29 is 38.1 Å². The molecule has 3 aromatic heterocycles. The normalized spacial score (nSPS) is 13.7. The first kappa shape index (κ1) is 31.8. The summed E-state index contributed by atoms with van der Waals surface area (Å²) in [5, 5.41) is 9.72. The smallest absolute Gasteiger partial charge is 0.435 e. The molecule has 0 bridgehead atoms. The fourth-order valence-corrected chi connectivity index (χ4v) is 4.10. The molecule has 4 heterocycles. The predicted molar refractivity (Wildman–Crippen MR) is 160 cm³/mol. The van der Waals surface area contributed by atoms with Gasteiger partial charge in [-0.15, -0.1) is 5.10 Å². The van der Waals surface area contributed by atoms with Gasteiger partial charge in [0, 0.05) is 18.3 Å². The maximum atomic E-state index is 12.9. The number of pyridine rings is 1. The van der Waals surface area contributed by atoms with Crippen LogP contribution in [0.25, 0.3) is 22.9 Å². The Kier molecular flexibility index (Phi) is 9.11. The van der Waals surface area contributed by atoms with Crippen molar-refractivity contribution in [2.75, 3.05) is 25.6 Å². The van der Waals surface area contributed by atoms with Gasteiger partial charge in [0.2, 0.25) is 5.88 Å². The van der Waals surface area contributed by atoms with E-state index in [0.717, 1.165) is 4.68 Å². The molecule has 3 N–H and O–H groups in total. The van der Waals surface area contributed by atoms with Gasteiger partial charge in [-0.3, -0.25) is 9.78 Å². The van der Waals surface area contributed by atoms with Crippen LogP contribution in [0.2, 0.25) is 0 Å². The molecule has 2 amide bonds. The summed E-state index contributed by atoms with van der Waals surface area (Å²) in [7, 11) is 1.27. The van der Waals surface area contributed by atoms with Gasteiger partial charge in [-0.25, -0.2) is 14.4 Å². The lowest BCUT2D eigenvalue weighted by molar-refractivity contribution is -0.110. The first-order chi connectivity index (χ1) is 20.6. The summed E-state index contributed by atoms with van der Waals surface area (Å²) in [5.74, 6) is -0.840. The maximum Gasteiger partial charge on any atom is 0.435 e. The molecule has 0 fully saturated rings. The second-order valence-electron chi connectivity index (χ2n) is 11.8. The van der Waals surface area contributed by atoms with Gasteiger partial charge in [-0.2, -0.15) is 4.68 Å². The Morgan fingerprint density at radius 1 is 1.07 bits per heavy atom. The molecule has 234 valence electrons. The Bertz CT molecular complexity index is 1610. The van der Waals surface area contributed by atoms with Crippen LogP contribution in [0.4, 0.5) is 15.3 Å². The highest BCUT2D eigenvalue weighted by Crippen LogP contribution is 2.37. The zero-order chi connectivity index (χ0) is 32.2. The predicted octanol–water partition coefficient (Wildman–Crippen LogP) is 4.63. The highest BCUT2D eigenvalue weighted by molar-refractivity contribution is 6.35. The van der Waals surface area contributed by atoms with E-state index in [9.17, 15) is 19.2 Å². The van der Waals surface area contributed by atoms with Crippen LogP contribution >= 0.6 is 0 Å². The van der Waals surface area contributed by atoms with Crippen molar-refractivity contribution in [3.63, 3.8) is 0 Å². The van der Waals surface area contributed by atoms with E-state index < -0.39 is 29.4 Å². The number of ether oxygens (including phenoxy) is 4. The van der Waals surface area contributed by atoms with Crippen LogP contribution in [0.5, 0.6) is 5.88 Å². The van der Waals surface area contributed by atoms with E-state index in [-0.39, 0.29) is 36.1 Å². The summed E-state index contributed by atoms with van der Waals surface area (Å²) >= 11 is 0. The molecule has 0 atom stereocenters. The van der Waals surface area contributed by atoms with E-state index in [1.54, 1.807) is 65.9 Å². The van der Waals surface area contributed by atoms with E-state index in [4.69, 9.17) is 18.9 Å². The van der Waals surface area contributed by atoms with Crippen LogP contribution < -0.4 is 15.4 Å². The molecule has 0 aliphatic carbocycles. The van der Waals surface area contributed by atoms with Gasteiger partial charge in [0.15, 0.2) is 0 Å². The number of rotatable bonds is 8. The number of alkyl carbamates (subject to hydrolysis) is 1. The fourth-order valence-electron chi connectivity index (χ4n) is 4.10. The SMILES string of the molecule is COC(=O)c1cc[nH]c1/C=C1\C(=O)Nc2cnc(-c3cn(C(=O)OC(C)(C)C)nc3OCCCNC(=O)OC(C)(C)C)cc21. The molecule has 4 rings (SSSR count). The minimum absolute atomic E-state index is 0.0979. The molecular formula is C30H36N6O8. The summed E-state index contributed by atoms with van der Waals surface area (Å²) in [6.45, 7) is 11.0. The van der Waals surface area contributed by atoms with E-state index >= 15 is 0 Å². The molecule has 0 unspecified atom stereocenters. The quantitative estimate of drug-likeness (QED) is 0.141. The average Bonchev–Trinajstić information content (AvgIpc) is 3.64. The number of fused-ring (bicyclic) bond motifs is 1. The minimum Gasteiger partial charge on any atom is -0.476 e. The summed E-state index contributed by atoms with van der Waals surface area (Å²) in [6.07, 6.45) is 5.20. The van der Waals surface area contributed by atoms with Crippen LogP contribution in [-0.2, 0) is 19.0 Å². The second kappa shape index (κ2) is 12.6. The number of nitrogens with one attached hydrogen (secondary N) is 3. The lowest BCUT2D eigenvalue weighted by Gasteiger charge is -2.19. The van der Waals surface area contributed by atoms with Crippen LogP contribution in [0, 0.1) is 0 Å². The molecular weight excluding hydrogens is 572 g/mol. The molecule has 14 nitrogen and oxygen atoms in total. The number of hydrogen-bond donors (Lipinski definition) is 3. The van der Waals surface area contributed by atoms with Crippen LogP contribution in [0.1, 0.15) is 69.6 Å². The van der Waals surface area contributed by atoms with E-state index in [1.807, 2.05) is 0 Å². The number of anilines is 1. The van der Waals surface area contributed by atoms with Crippen LogP contribution in [0.15, 0.2) is 30.7 Å². The lowest BCUT2D eigenvalue weighted by atomic mass is 10.0. The van der Waals surface area contributed by atoms with Crippen LogP contribution in [-0.4, -0.2) is 75.3 Å². The molecule has 0 saturated heterocycles. The maximum absolute atomic E-state index is 12.9. The van der Waals surface area contributed by atoms with E-state index in [2.05, 4.69) is 25.7 Å². The van der Waals surface area contributed by atoms with Gasteiger partial charge < -0.3 is 34.6 Å². The molecule has 44 heavy (non-hydrogen) atoms. The van der Waals surface area contributed by atoms with Gasteiger partial charge in [0.1, 0.15) is 11.2 Å². The number of nitrogens with zero attached hydrogens (tertiary/aromatic N) is 3. The average molecular weight is 609 g/mol. The summed E-state index contributed by atoms with van der Waals surface area (Å²) in [6, 6.07) is 3.22. The number of esters is 1. The molecule has 0 radical (unpaired) electrons. The first-order valence-electron chi connectivity index (χ1n) is 13.9.